The first-order valence-electron chi connectivity index (χ1n) is 6.66. The highest BCUT2D eigenvalue weighted by Crippen LogP contribution is 2.33. The summed E-state index contributed by atoms with van der Waals surface area (Å²) >= 11 is 0. The highest BCUT2D eigenvalue weighted by molar-refractivity contribution is 5.77. The van der Waals surface area contributed by atoms with Crippen molar-refractivity contribution in [1.29, 1.82) is 0 Å². The zero-order chi connectivity index (χ0) is 12.4. The summed E-state index contributed by atoms with van der Waals surface area (Å²) in [4.78, 5) is 17.9. The molecule has 4 nitrogen and oxygen atoms in total. The third-order valence-electron chi connectivity index (χ3n) is 3.61. The average Bonchev–Trinajstić information content (AvgIpc) is 3.07. The Hall–Kier alpha value is -1.58. The molecule has 96 valence electrons. The smallest absolute Gasteiger partial charge is 0.222 e. The summed E-state index contributed by atoms with van der Waals surface area (Å²) < 4.78 is 5.84. The van der Waals surface area contributed by atoms with Gasteiger partial charge in [0.1, 0.15) is 11.9 Å². The summed E-state index contributed by atoms with van der Waals surface area (Å²) in [5.41, 5.74) is 0. The topological polar surface area (TPSA) is 42.4 Å². The molecule has 1 atom stereocenters. The lowest BCUT2D eigenvalue weighted by molar-refractivity contribution is -0.130. The van der Waals surface area contributed by atoms with E-state index in [2.05, 4.69) is 4.98 Å². The Kier molecular flexibility index (Phi) is 3.17. The van der Waals surface area contributed by atoms with Gasteiger partial charge >= 0.3 is 0 Å². The van der Waals surface area contributed by atoms with Gasteiger partial charge in [0.15, 0.2) is 0 Å². The second-order valence-corrected chi connectivity index (χ2v) is 5.20. The van der Waals surface area contributed by atoms with E-state index in [0.717, 1.165) is 31.7 Å². The lowest BCUT2D eigenvalue weighted by Gasteiger charge is -2.17. The number of amides is 1. The molecule has 1 aliphatic carbocycles. The van der Waals surface area contributed by atoms with E-state index in [0.29, 0.717) is 11.8 Å². The van der Waals surface area contributed by atoms with Crippen molar-refractivity contribution in [1.82, 2.24) is 9.88 Å². The summed E-state index contributed by atoms with van der Waals surface area (Å²) in [5, 5.41) is 0. The van der Waals surface area contributed by atoms with Crippen LogP contribution in [-0.2, 0) is 4.79 Å². The first kappa shape index (κ1) is 11.5. The minimum Gasteiger partial charge on any atom is -0.488 e. The zero-order valence-corrected chi connectivity index (χ0v) is 10.4. The van der Waals surface area contributed by atoms with Gasteiger partial charge in [0.25, 0.3) is 0 Å². The second kappa shape index (κ2) is 4.96. The summed E-state index contributed by atoms with van der Waals surface area (Å²) in [6.07, 6.45) is 7.71. The molecular weight excluding hydrogens is 228 g/mol. The van der Waals surface area contributed by atoms with Crippen LogP contribution in [0.25, 0.3) is 0 Å². The van der Waals surface area contributed by atoms with Crippen molar-refractivity contribution in [3.8, 4) is 5.75 Å². The maximum atomic E-state index is 12.0. The first-order chi connectivity index (χ1) is 8.81. The fourth-order valence-electron chi connectivity index (χ4n) is 2.36. The van der Waals surface area contributed by atoms with E-state index in [1.807, 2.05) is 17.0 Å². The fraction of sp³-hybridized carbons (Fsp3) is 0.571. The van der Waals surface area contributed by atoms with Crippen molar-refractivity contribution in [3.05, 3.63) is 24.5 Å². The molecule has 1 aromatic heterocycles. The number of carbonyl (C=O) groups is 1. The standard InChI is InChI=1S/C14H18N2O2/c17-14(9-11-1-2-11)16-8-5-13(10-16)18-12-3-6-15-7-4-12/h3-4,6-7,11,13H,1-2,5,8-10H2/t13-/m1/s1. The van der Waals surface area contributed by atoms with Gasteiger partial charge in [-0.3, -0.25) is 9.78 Å². The molecular formula is C14H18N2O2. The van der Waals surface area contributed by atoms with E-state index in [4.69, 9.17) is 4.74 Å². The van der Waals surface area contributed by atoms with Gasteiger partial charge in [-0.15, -0.1) is 0 Å². The predicted octanol–water partition coefficient (Wildman–Crippen LogP) is 1.86. The minimum atomic E-state index is 0.135. The van der Waals surface area contributed by atoms with E-state index >= 15 is 0 Å². The van der Waals surface area contributed by atoms with E-state index in [-0.39, 0.29) is 6.10 Å². The molecule has 0 unspecified atom stereocenters. The summed E-state index contributed by atoms with van der Waals surface area (Å²) in [6, 6.07) is 3.71. The van der Waals surface area contributed by atoms with Crippen molar-refractivity contribution < 1.29 is 9.53 Å². The Morgan fingerprint density at radius 3 is 2.83 bits per heavy atom. The molecule has 2 aliphatic rings. The van der Waals surface area contributed by atoms with Crippen molar-refractivity contribution >= 4 is 5.91 Å². The van der Waals surface area contributed by atoms with Crippen LogP contribution in [0.1, 0.15) is 25.7 Å². The molecule has 2 heterocycles. The Morgan fingerprint density at radius 1 is 1.33 bits per heavy atom. The number of nitrogens with zero attached hydrogens (tertiary/aromatic N) is 2. The number of ether oxygens (including phenoxy) is 1. The number of pyridine rings is 1. The minimum absolute atomic E-state index is 0.135. The predicted molar refractivity (Wildman–Crippen MR) is 67.2 cm³/mol. The largest absolute Gasteiger partial charge is 0.488 e. The first-order valence-corrected chi connectivity index (χ1v) is 6.66. The van der Waals surface area contributed by atoms with E-state index in [1.165, 1.54) is 12.8 Å². The monoisotopic (exact) mass is 246 g/mol. The van der Waals surface area contributed by atoms with Crippen LogP contribution in [0, 0.1) is 5.92 Å². The van der Waals surface area contributed by atoms with Crippen LogP contribution in [0.4, 0.5) is 0 Å². The normalized spacial score (nSPS) is 23.1. The molecule has 1 amide bonds. The highest BCUT2D eigenvalue weighted by Gasteiger charge is 2.31. The molecule has 0 aromatic carbocycles. The van der Waals surface area contributed by atoms with Gasteiger partial charge < -0.3 is 9.64 Å². The third kappa shape index (κ3) is 2.81. The average molecular weight is 246 g/mol. The van der Waals surface area contributed by atoms with Crippen LogP contribution < -0.4 is 4.74 Å². The van der Waals surface area contributed by atoms with Crippen molar-refractivity contribution in [2.75, 3.05) is 13.1 Å². The second-order valence-electron chi connectivity index (χ2n) is 5.20. The Morgan fingerprint density at radius 2 is 2.11 bits per heavy atom. The number of rotatable bonds is 4. The molecule has 0 radical (unpaired) electrons. The maximum absolute atomic E-state index is 12.0. The SMILES string of the molecule is O=C(CC1CC1)N1CC[C@@H](Oc2ccncc2)C1. The van der Waals surface area contributed by atoms with Crippen LogP contribution in [0.5, 0.6) is 5.75 Å². The lowest BCUT2D eigenvalue weighted by Crippen LogP contribution is -2.31. The summed E-state index contributed by atoms with van der Waals surface area (Å²) in [7, 11) is 0. The van der Waals surface area contributed by atoms with Crippen molar-refractivity contribution in [3.63, 3.8) is 0 Å². The van der Waals surface area contributed by atoms with E-state index in [9.17, 15) is 4.79 Å². The Labute approximate surface area is 107 Å². The third-order valence-corrected chi connectivity index (χ3v) is 3.61. The van der Waals surface area contributed by atoms with Gasteiger partial charge in [-0.05, 0) is 30.9 Å². The van der Waals surface area contributed by atoms with Gasteiger partial charge in [0, 0.05) is 31.8 Å². The van der Waals surface area contributed by atoms with Crippen LogP contribution in [0.2, 0.25) is 0 Å². The Bertz CT molecular complexity index is 417. The summed E-state index contributed by atoms with van der Waals surface area (Å²) in [5.74, 6) is 1.81. The number of hydrogen-bond donors (Lipinski definition) is 0. The van der Waals surface area contributed by atoms with Crippen LogP contribution in [-0.4, -0.2) is 35.0 Å². The molecule has 3 rings (SSSR count). The summed E-state index contributed by atoms with van der Waals surface area (Å²) in [6.45, 7) is 1.56. The molecule has 0 spiro atoms. The molecule has 18 heavy (non-hydrogen) atoms. The van der Waals surface area contributed by atoms with Crippen molar-refractivity contribution in [2.45, 2.75) is 31.8 Å². The molecule has 1 aliphatic heterocycles. The number of likely N-dealkylation sites (tertiary alicyclic amines) is 1. The highest BCUT2D eigenvalue weighted by atomic mass is 16.5. The fourth-order valence-corrected chi connectivity index (χ4v) is 2.36. The van der Waals surface area contributed by atoms with Gasteiger partial charge in [-0.1, -0.05) is 0 Å². The maximum Gasteiger partial charge on any atom is 0.222 e. The van der Waals surface area contributed by atoms with Crippen LogP contribution in [0.15, 0.2) is 24.5 Å². The van der Waals surface area contributed by atoms with Crippen LogP contribution >= 0.6 is 0 Å². The molecule has 1 saturated heterocycles. The molecule has 0 N–H and O–H groups in total. The van der Waals surface area contributed by atoms with E-state index < -0.39 is 0 Å². The zero-order valence-electron chi connectivity index (χ0n) is 10.4. The number of aromatic nitrogens is 1. The molecule has 1 saturated carbocycles. The molecule has 1 aromatic rings. The van der Waals surface area contributed by atoms with Gasteiger partial charge in [0.05, 0.1) is 6.54 Å². The number of hydrogen-bond acceptors (Lipinski definition) is 3. The van der Waals surface area contributed by atoms with Crippen LogP contribution in [0.3, 0.4) is 0 Å². The Balaban J connectivity index is 1.50. The molecule has 2 fully saturated rings. The van der Waals surface area contributed by atoms with Gasteiger partial charge in [-0.25, -0.2) is 0 Å². The van der Waals surface area contributed by atoms with Crippen molar-refractivity contribution in [2.24, 2.45) is 5.92 Å². The van der Waals surface area contributed by atoms with E-state index in [1.54, 1.807) is 12.4 Å². The molecule has 4 heteroatoms. The van der Waals surface area contributed by atoms with Gasteiger partial charge in [-0.2, -0.15) is 0 Å². The number of carbonyl (C=O) groups excluding carboxylic acids is 1. The quantitative estimate of drug-likeness (QED) is 0.814. The van der Waals surface area contributed by atoms with Gasteiger partial charge in [0.2, 0.25) is 5.91 Å². The lowest BCUT2D eigenvalue weighted by atomic mass is 10.2. The molecule has 0 bridgehead atoms.